The monoisotopic (exact) mass is 526 g/mol. The predicted molar refractivity (Wildman–Crippen MR) is 130 cm³/mol. The third kappa shape index (κ3) is 4.44. The number of fused-ring (bicyclic) bond motifs is 1. The van der Waals surface area contributed by atoms with Crippen LogP contribution < -0.4 is 19.0 Å². The minimum atomic E-state index is -5.23. The van der Waals surface area contributed by atoms with E-state index in [4.69, 9.17) is 23.8 Å². The first kappa shape index (κ1) is 25.1. The van der Waals surface area contributed by atoms with Crippen LogP contribution in [0.3, 0.4) is 0 Å². The van der Waals surface area contributed by atoms with Gasteiger partial charge in [-0.05, 0) is 69.2 Å². The smallest absolute Gasteiger partial charge is 0.261 e. The number of benzene rings is 2. The number of phosphoric acid groups is 1. The molecule has 0 radical (unpaired) electrons. The summed E-state index contributed by atoms with van der Waals surface area (Å²) in [4.78, 5) is 34.8. The Morgan fingerprint density at radius 3 is 2.51 bits per heavy atom. The Labute approximate surface area is 216 Å². The van der Waals surface area contributed by atoms with Crippen LogP contribution in [0, 0.1) is 11.8 Å². The summed E-state index contributed by atoms with van der Waals surface area (Å²) >= 11 is 0. The van der Waals surface area contributed by atoms with Crippen LogP contribution in [0.2, 0.25) is 0 Å². The van der Waals surface area contributed by atoms with E-state index in [-0.39, 0.29) is 24.2 Å². The fourth-order valence-electron chi connectivity index (χ4n) is 6.99. The van der Waals surface area contributed by atoms with Crippen molar-refractivity contribution in [2.24, 2.45) is 11.8 Å². The van der Waals surface area contributed by atoms with Crippen LogP contribution in [0.25, 0.3) is 0 Å². The maximum absolute atomic E-state index is 11.3. The molecule has 1 aliphatic heterocycles. The van der Waals surface area contributed by atoms with E-state index in [0.717, 1.165) is 44.3 Å². The van der Waals surface area contributed by atoms with Crippen LogP contribution >= 0.6 is 7.82 Å². The molecule has 2 aromatic rings. The number of allylic oxidation sites excluding steroid dienone is 1. The zero-order valence-electron chi connectivity index (χ0n) is 20.6. The number of rotatable bonds is 8. The van der Waals surface area contributed by atoms with Gasteiger partial charge in [0.25, 0.3) is 5.79 Å². The molecular weight excluding hydrogens is 495 g/mol. The second-order valence-corrected chi connectivity index (χ2v) is 11.5. The summed E-state index contributed by atoms with van der Waals surface area (Å²) < 4.78 is 28.5. The standard InChI is InChI=1S/C28H33O8P/c29-37(30,31)34-24-13-6-10-22(19-24)28(33-17-16-32-23-11-2-1-3-12-23)27(35-36-28)21-9-7-15-26(27)25-14-5-4-8-20(25)18-21/h1-3,6,10-13,19,21,26H,4-5,7-9,14-18H2,(H2,29,30,31)/p-2. The van der Waals surface area contributed by atoms with Gasteiger partial charge in [-0.25, -0.2) is 4.89 Å². The lowest BCUT2D eigenvalue weighted by Gasteiger charge is -2.65. The van der Waals surface area contributed by atoms with E-state index in [1.165, 1.54) is 30.5 Å². The molecule has 2 aromatic carbocycles. The summed E-state index contributed by atoms with van der Waals surface area (Å²) in [5.74, 6) is -0.272. The quantitative estimate of drug-likeness (QED) is 0.214. The van der Waals surface area contributed by atoms with Gasteiger partial charge in [-0.2, -0.15) is 4.89 Å². The van der Waals surface area contributed by atoms with E-state index in [1.54, 1.807) is 11.6 Å². The summed E-state index contributed by atoms with van der Waals surface area (Å²) in [7, 11) is -5.23. The highest BCUT2D eigenvalue weighted by Crippen LogP contribution is 2.67. The topological polar surface area (TPSA) is 109 Å². The lowest BCUT2D eigenvalue weighted by Crippen LogP contribution is -2.75. The van der Waals surface area contributed by atoms with Crippen molar-refractivity contribution in [1.29, 1.82) is 0 Å². The Morgan fingerprint density at radius 1 is 0.919 bits per heavy atom. The van der Waals surface area contributed by atoms with Crippen molar-refractivity contribution in [2.75, 3.05) is 13.2 Å². The number of ether oxygens (including phenoxy) is 2. The van der Waals surface area contributed by atoms with Gasteiger partial charge in [0.1, 0.15) is 25.9 Å². The van der Waals surface area contributed by atoms with Gasteiger partial charge < -0.3 is 28.3 Å². The average Bonchev–Trinajstić information content (AvgIpc) is 2.87. The highest BCUT2D eigenvalue weighted by atomic mass is 31.2. The molecule has 2 bridgehead atoms. The van der Waals surface area contributed by atoms with Gasteiger partial charge in [0, 0.05) is 17.4 Å². The summed E-state index contributed by atoms with van der Waals surface area (Å²) in [6, 6.07) is 15.9. The molecule has 0 N–H and O–H groups in total. The van der Waals surface area contributed by atoms with Crippen molar-refractivity contribution in [3.8, 4) is 11.5 Å². The minimum Gasteiger partial charge on any atom is -0.780 e. The highest BCUT2D eigenvalue weighted by Gasteiger charge is 2.75. The Kier molecular flexibility index (Phi) is 6.68. The van der Waals surface area contributed by atoms with Crippen LogP contribution in [0.1, 0.15) is 56.9 Å². The second kappa shape index (κ2) is 9.84. The first-order chi connectivity index (χ1) is 17.9. The van der Waals surface area contributed by atoms with E-state index in [2.05, 4.69) is 0 Å². The summed E-state index contributed by atoms with van der Waals surface area (Å²) in [6.45, 7) is 0.513. The Balaban J connectivity index is 1.36. The molecule has 8 nitrogen and oxygen atoms in total. The van der Waals surface area contributed by atoms with E-state index in [9.17, 15) is 14.4 Å². The third-order valence-electron chi connectivity index (χ3n) is 8.35. The van der Waals surface area contributed by atoms with Gasteiger partial charge >= 0.3 is 0 Å². The Bertz CT molecular complexity index is 1210. The van der Waals surface area contributed by atoms with Gasteiger partial charge in [-0.3, -0.25) is 0 Å². The molecule has 0 aromatic heterocycles. The molecule has 6 rings (SSSR count). The number of hydrogen-bond acceptors (Lipinski definition) is 8. The molecule has 1 saturated heterocycles. The molecule has 1 saturated carbocycles. The third-order valence-corrected chi connectivity index (χ3v) is 8.79. The fraction of sp³-hybridized carbons (Fsp3) is 0.500. The molecule has 0 amide bonds. The number of phosphoric ester groups is 1. The minimum absolute atomic E-state index is 0.0708. The number of para-hydroxylation sites is 1. The van der Waals surface area contributed by atoms with E-state index < -0.39 is 19.2 Å². The van der Waals surface area contributed by atoms with Crippen molar-refractivity contribution >= 4 is 7.82 Å². The van der Waals surface area contributed by atoms with Gasteiger partial charge in [-0.1, -0.05) is 47.9 Å². The fourth-order valence-corrected chi connectivity index (χ4v) is 7.36. The number of hydrogen-bond donors (Lipinski definition) is 0. The second-order valence-electron chi connectivity index (χ2n) is 10.4. The summed E-state index contributed by atoms with van der Waals surface area (Å²) in [5, 5.41) is 0. The lowest BCUT2D eigenvalue weighted by atomic mass is 9.53. The van der Waals surface area contributed by atoms with Crippen molar-refractivity contribution in [2.45, 2.75) is 62.8 Å². The molecule has 37 heavy (non-hydrogen) atoms. The Morgan fingerprint density at radius 2 is 1.73 bits per heavy atom. The van der Waals surface area contributed by atoms with Crippen molar-refractivity contribution in [3.05, 3.63) is 71.3 Å². The van der Waals surface area contributed by atoms with Crippen LogP contribution in [0.15, 0.2) is 65.7 Å². The molecule has 1 heterocycles. The first-order valence-corrected chi connectivity index (χ1v) is 14.6. The average molecular weight is 527 g/mol. The maximum Gasteiger partial charge on any atom is 0.261 e. The van der Waals surface area contributed by atoms with Gasteiger partial charge in [0.2, 0.25) is 0 Å². The van der Waals surface area contributed by atoms with Gasteiger partial charge in [-0.15, -0.1) is 0 Å². The van der Waals surface area contributed by atoms with Crippen LogP contribution in [-0.4, -0.2) is 18.8 Å². The van der Waals surface area contributed by atoms with Gasteiger partial charge in [0.05, 0.1) is 6.61 Å². The zero-order chi connectivity index (χ0) is 25.5. The molecule has 3 aliphatic carbocycles. The molecule has 198 valence electrons. The SMILES string of the molecule is O=P([O-])([O-])Oc1cccc(C2(OCCOc3ccccc3)OOC23C2CCCC3C3=C(CCCC3)C2)c1. The molecule has 2 fully saturated rings. The van der Waals surface area contributed by atoms with Gasteiger partial charge in [0.15, 0.2) is 5.60 Å². The molecular formula is C28H31O8P-2. The van der Waals surface area contributed by atoms with E-state index >= 15 is 0 Å². The van der Waals surface area contributed by atoms with Crippen molar-refractivity contribution in [3.63, 3.8) is 0 Å². The largest absolute Gasteiger partial charge is 0.780 e. The van der Waals surface area contributed by atoms with E-state index in [1.807, 2.05) is 36.4 Å². The summed E-state index contributed by atoms with van der Waals surface area (Å²) in [5.41, 5.74) is 2.88. The molecule has 4 aliphatic rings. The van der Waals surface area contributed by atoms with Crippen molar-refractivity contribution in [1.82, 2.24) is 0 Å². The van der Waals surface area contributed by atoms with Crippen LogP contribution in [0.5, 0.6) is 11.5 Å². The molecule has 4 unspecified atom stereocenters. The Hall–Kier alpha value is -2.19. The normalized spacial score (nSPS) is 31.0. The zero-order valence-corrected chi connectivity index (χ0v) is 21.5. The van der Waals surface area contributed by atoms with Crippen molar-refractivity contribution < 1.29 is 38.1 Å². The highest BCUT2D eigenvalue weighted by molar-refractivity contribution is 7.43. The van der Waals surface area contributed by atoms with Crippen LogP contribution in [0.4, 0.5) is 0 Å². The van der Waals surface area contributed by atoms with E-state index in [0.29, 0.717) is 12.2 Å². The first-order valence-electron chi connectivity index (χ1n) is 13.1. The predicted octanol–water partition coefficient (Wildman–Crippen LogP) is 4.53. The lowest BCUT2D eigenvalue weighted by molar-refractivity contribution is -0.641. The summed E-state index contributed by atoms with van der Waals surface area (Å²) in [6.07, 6.45) is 8.64. The maximum atomic E-state index is 11.3. The molecule has 4 atom stereocenters. The van der Waals surface area contributed by atoms with Crippen LogP contribution in [-0.2, 0) is 24.9 Å². The molecule has 9 heteroatoms. The molecule has 1 spiro atoms.